The van der Waals surface area contributed by atoms with Gasteiger partial charge in [0, 0.05) is 0 Å². The standard InChI is InChI=1S/C13H26N4O3S/c1-8(2)6-10(16-11(18)7-14)13(20)17-9(12(15)19)4-5-21-3/h8-10H,4-7,14H2,1-3H3,(H2,15,19)(H,16,18)(H,17,20). The molecule has 21 heavy (non-hydrogen) atoms. The predicted molar refractivity (Wildman–Crippen MR) is 84.6 cm³/mol. The van der Waals surface area contributed by atoms with Crippen LogP contribution in [0, 0.1) is 5.92 Å². The molecule has 0 rings (SSSR count). The Bertz CT molecular complexity index is 363. The number of nitrogens with two attached hydrogens (primary N) is 2. The van der Waals surface area contributed by atoms with Crippen molar-refractivity contribution in [1.29, 1.82) is 0 Å². The van der Waals surface area contributed by atoms with Crippen LogP contribution >= 0.6 is 11.8 Å². The van der Waals surface area contributed by atoms with Gasteiger partial charge < -0.3 is 22.1 Å². The van der Waals surface area contributed by atoms with Crippen LogP contribution < -0.4 is 22.1 Å². The number of rotatable bonds is 10. The van der Waals surface area contributed by atoms with E-state index in [1.54, 1.807) is 11.8 Å². The Hall–Kier alpha value is -1.28. The quantitative estimate of drug-likeness (QED) is 0.419. The van der Waals surface area contributed by atoms with E-state index in [1.165, 1.54) is 0 Å². The minimum atomic E-state index is -0.727. The van der Waals surface area contributed by atoms with Gasteiger partial charge in [-0.05, 0) is 30.8 Å². The topological polar surface area (TPSA) is 127 Å². The molecular formula is C13H26N4O3S. The first-order valence-electron chi connectivity index (χ1n) is 6.89. The van der Waals surface area contributed by atoms with E-state index in [0.717, 1.165) is 0 Å². The predicted octanol–water partition coefficient (Wildman–Crippen LogP) is -0.801. The van der Waals surface area contributed by atoms with E-state index in [4.69, 9.17) is 11.5 Å². The molecule has 0 aliphatic carbocycles. The zero-order chi connectivity index (χ0) is 16.4. The summed E-state index contributed by atoms with van der Waals surface area (Å²) in [7, 11) is 0. The number of carbonyl (C=O) groups is 3. The molecule has 0 radical (unpaired) electrons. The fourth-order valence-electron chi connectivity index (χ4n) is 1.75. The van der Waals surface area contributed by atoms with Crippen LogP contribution in [-0.4, -0.2) is 48.4 Å². The lowest BCUT2D eigenvalue weighted by molar-refractivity contribution is -0.131. The van der Waals surface area contributed by atoms with Gasteiger partial charge in [0.05, 0.1) is 6.54 Å². The maximum absolute atomic E-state index is 12.2. The van der Waals surface area contributed by atoms with Crippen molar-refractivity contribution in [3.8, 4) is 0 Å². The van der Waals surface area contributed by atoms with Crippen molar-refractivity contribution in [2.24, 2.45) is 17.4 Å². The van der Waals surface area contributed by atoms with Gasteiger partial charge in [-0.3, -0.25) is 14.4 Å². The number of primary amides is 1. The molecule has 0 spiro atoms. The van der Waals surface area contributed by atoms with E-state index in [9.17, 15) is 14.4 Å². The number of nitrogens with one attached hydrogen (secondary N) is 2. The Morgan fingerprint density at radius 1 is 1.14 bits per heavy atom. The van der Waals surface area contributed by atoms with Gasteiger partial charge in [-0.15, -0.1) is 0 Å². The molecule has 0 bridgehead atoms. The fraction of sp³-hybridized carbons (Fsp3) is 0.769. The van der Waals surface area contributed by atoms with Crippen molar-refractivity contribution in [3.63, 3.8) is 0 Å². The van der Waals surface area contributed by atoms with E-state index in [-0.39, 0.29) is 12.5 Å². The van der Waals surface area contributed by atoms with Gasteiger partial charge in [0.2, 0.25) is 17.7 Å². The van der Waals surface area contributed by atoms with Crippen molar-refractivity contribution >= 4 is 29.5 Å². The molecule has 7 nitrogen and oxygen atoms in total. The third kappa shape index (κ3) is 8.56. The first kappa shape index (κ1) is 19.7. The summed E-state index contributed by atoms with van der Waals surface area (Å²) in [5.41, 5.74) is 10.5. The van der Waals surface area contributed by atoms with E-state index >= 15 is 0 Å². The van der Waals surface area contributed by atoms with Gasteiger partial charge in [0.1, 0.15) is 12.1 Å². The molecule has 0 aromatic heterocycles. The van der Waals surface area contributed by atoms with Crippen molar-refractivity contribution < 1.29 is 14.4 Å². The molecule has 0 saturated heterocycles. The Kier molecular flexibility index (Phi) is 9.81. The summed E-state index contributed by atoms with van der Waals surface area (Å²) in [5.74, 6) is -0.480. The maximum atomic E-state index is 12.2. The monoisotopic (exact) mass is 318 g/mol. The number of thioether (sulfide) groups is 1. The highest BCUT2D eigenvalue weighted by molar-refractivity contribution is 7.98. The molecule has 2 atom stereocenters. The lowest BCUT2D eigenvalue weighted by Gasteiger charge is -2.22. The van der Waals surface area contributed by atoms with Gasteiger partial charge in [0.15, 0.2) is 0 Å². The molecule has 6 N–H and O–H groups in total. The summed E-state index contributed by atoms with van der Waals surface area (Å²) in [6.45, 7) is 3.69. The van der Waals surface area contributed by atoms with Crippen LogP contribution in [0.5, 0.6) is 0 Å². The van der Waals surface area contributed by atoms with Gasteiger partial charge >= 0.3 is 0 Å². The van der Waals surface area contributed by atoms with Gasteiger partial charge in [-0.25, -0.2) is 0 Å². The summed E-state index contributed by atoms with van der Waals surface area (Å²) in [6.07, 6.45) is 2.83. The minimum Gasteiger partial charge on any atom is -0.368 e. The van der Waals surface area contributed by atoms with Gasteiger partial charge in [-0.2, -0.15) is 11.8 Å². The van der Waals surface area contributed by atoms with Crippen LogP contribution in [-0.2, 0) is 14.4 Å². The maximum Gasteiger partial charge on any atom is 0.243 e. The average molecular weight is 318 g/mol. The Balaban J connectivity index is 4.75. The SMILES string of the molecule is CSCCC(NC(=O)C(CC(C)C)NC(=O)CN)C(N)=O. The van der Waals surface area contributed by atoms with Gasteiger partial charge in [-0.1, -0.05) is 13.8 Å². The van der Waals surface area contributed by atoms with E-state index in [1.807, 2.05) is 20.1 Å². The average Bonchev–Trinajstić information content (AvgIpc) is 2.41. The Morgan fingerprint density at radius 2 is 1.76 bits per heavy atom. The first-order chi connectivity index (χ1) is 9.81. The molecule has 0 heterocycles. The first-order valence-corrected chi connectivity index (χ1v) is 8.29. The second-order valence-electron chi connectivity index (χ2n) is 5.20. The number of hydrogen-bond donors (Lipinski definition) is 4. The van der Waals surface area contributed by atoms with E-state index in [2.05, 4.69) is 10.6 Å². The second kappa shape index (κ2) is 10.4. The molecule has 0 aliphatic rings. The molecular weight excluding hydrogens is 292 g/mol. The molecule has 0 saturated carbocycles. The van der Waals surface area contributed by atoms with Crippen LogP contribution in [0.2, 0.25) is 0 Å². The summed E-state index contributed by atoms with van der Waals surface area (Å²) in [5, 5.41) is 5.17. The lowest BCUT2D eigenvalue weighted by atomic mass is 10.0. The van der Waals surface area contributed by atoms with Crippen LogP contribution in [0.1, 0.15) is 26.7 Å². The van der Waals surface area contributed by atoms with E-state index < -0.39 is 29.8 Å². The van der Waals surface area contributed by atoms with Crippen LogP contribution in [0.3, 0.4) is 0 Å². The van der Waals surface area contributed by atoms with Crippen molar-refractivity contribution in [1.82, 2.24) is 10.6 Å². The highest BCUT2D eigenvalue weighted by Crippen LogP contribution is 2.07. The second-order valence-corrected chi connectivity index (χ2v) is 6.18. The number of amides is 3. The minimum absolute atomic E-state index is 0.187. The highest BCUT2D eigenvalue weighted by atomic mass is 32.2. The number of hydrogen-bond acceptors (Lipinski definition) is 5. The molecule has 0 aromatic rings. The van der Waals surface area contributed by atoms with Crippen LogP contribution in [0.25, 0.3) is 0 Å². The van der Waals surface area contributed by atoms with Gasteiger partial charge in [0.25, 0.3) is 0 Å². The van der Waals surface area contributed by atoms with Crippen molar-refractivity contribution in [3.05, 3.63) is 0 Å². The fourth-order valence-corrected chi connectivity index (χ4v) is 2.22. The molecule has 3 amide bonds. The van der Waals surface area contributed by atoms with Crippen LogP contribution in [0.15, 0.2) is 0 Å². The largest absolute Gasteiger partial charge is 0.368 e. The molecule has 8 heteroatoms. The van der Waals surface area contributed by atoms with Crippen molar-refractivity contribution in [2.45, 2.75) is 38.8 Å². The van der Waals surface area contributed by atoms with E-state index in [0.29, 0.717) is 18.6 Å². The molecule has 2 unspecified atom stereocenters. The smallest absolute Gasteiger partial charge is 0.243 e. The van der Waals surface area contributed by atoms with Crippen LogP contribution in [0.4, 0.5) is 0 Å². The number of carbonyl (C=O) groups excluding carboxylic acids is 3. The summed E-state index contributed by atoms with van der Waals surface area (Å²) in [4.78, 5) is 35.0. The third-order valence-corrected chi connectivity index (χ3v) is 3.46. The molecule has 0 fully saturated rings. The molecule has 0 aromatic carbocycles. The highest BCUT2D eigenvalue weighted by Gasteiger charge is 2.25. The molecule has 0 aliphatic heterocycles. The summed E-state index contributed by atoms with van der Waals surface area (Å²) in [6, 6.07) is -1.44. The lowest BCUT2D eigenvalue weighted by Crippen LogP contribution is -2.54. The third-order valence-electron chi connectivity index (χ3n) is 2.81. The normalized spacial score (nSPS) is 13.6. The molecule has 122 valence electrons. The Morgan fingerprint density at radius 3 is 2.19 bits per heavy atom. The zero-order valence-electron chi connectivity index (χ0n) is 12.8. The zero-order valence-corrected chi connectivity index (χ0v) is 13.7. The van der Waals surface area contributed by atoms with Crippen molar-refractivity contribution in [2.75, 3.05) is 18.6 Å². The summed E-state index contributed by atoms with van der Waals surface area (Å²) >= 11 is 1.56. The Labute approximate surface area is 130 Å². The summed E-state index contributed by atoms with van der Waals surface area (Å²) < 4.78 is 0.